The molecule has 2 aromatic carbocycles. The molecule has 0 aliphatic rings. The highest BCUT2D eigenvalue weighted by molar-refractivity contribution is 5.87. The van der Waals surface area contributed by atoms with E-state index in [1.165, 1.54) is 18.2 Å². The van der Waals surface area contributed by atoms with Gasteiger partial charge in [0.25, 0.3) is 0 Å². The Morgan fingerprint density at radius 1 is 1.12 bits per heavy atom. The molecule has 0 aliphatic carbocycles. The molecule has 0 amide bonds. The number of carbonyl (C=O) groups excluding carboxylic acids is 1. The summed E-state index contributed by atoms with van der Waals surface area (Å²) < 4.78 is 23.7. The van der Waals surface area contributed by atoms with Crippen LogP contribution in [0.5, 0.6) is 0 Å². The molecule has 0 spiro atoms. The molecular weight excluding hydrogens is 309 g/mol. The first-order valence-electron chi connectivity index (χ1n) is 7.33. The summed E-state index contributed by atoms with van der Waals surface area (Å²) in [7, 11) is 0. The largest absolute Gasteiger partial charge is 0.456 e. The topological polar surface area (TPSA) is 52.3 Å². The van der Waals surface area contributed by atoms with Gasteiger partial charge in [0, 0.05) is 23.3 Å². The van der Waals surface area contributed by atoms with Gasteiger partial charge >= 0.3 is 5.97 Å². The Kier molecular flexibility index (Phi) is 4.81. The van der Waals surface area contributed by atoms with Crippen LogP contribution in [0.25, 0.3) is 17.4 Å². The summed E-state index contributed by atoms with van der Waals surface area (Å²) >= 11 is 0. The minimum atomic E-state index is -0.581. The Bertz CT molecular complexity index is 856. The van der Waals surface area contributed by atoms with E-state index in [1.54, 1.807) is 24.3 Å². The third-order valence-electron chi connectivity index (χ3n) is 3.28. The minimum absolute atomic E-state index is 0.0171. The molecule has 0 saturated heterocycles. The maximum absolute atomic E-state index is 13.4. The lowest BCUT2D eigenvalue weighted by Gasteiger charge is -1.98. The highest BCUT2D eigenvalue weighted by atomic mass is 19.1. The summed E-state index contributed by atoms with van der Waals surface area (Å²) in [5.74, 6) is -0.378. The first kappa shape index (κ1) is 15.7. The number of hydrogen-bond donors (Lipinski definition) is 0. The van der Waals surface area contributed by atoms with Crippen LogP contribution in [0.3, 0.4) is 0 Å². The van der Waals surface area contributed by atoms with Crippen LogP contribution in [-0.2, 0) is 16.1 Å². The van der Waals surface area contributed by atoms with E-state index in [0.717, 1.165) is 5.56 Å². The van der Waals surface area contributed by atoms with Gasteiger partial charge in [-0.2, -0.15) is 0 Å². The number of benzene rings is 2. The first-order valence-corrected chi connectivity index (χ1v) is 7.33. The van der Waals surface area contributed by atoms with Gasteiger partial charge < -0.3 is 9.26 Å². The molecule has 5 heteroatoms. The lowest BCUT2D eigenvalue weighted by atomic mass is 10.2. The minimum Gasteiger partial charge on any atom is -0.456 e. The highest BCUT2D eigenvalue weighted by Crippen LogP contribution is 2.20. The standard InChI is InChI=1S/C19H14FNO3/c20-17-9-5-4-6-14(17)10-11-19(22)23-13-16-12-18(24-21-16)15-7-2-1-3-8-15/h1-12H,13H2/b11-10+. The number of aromatic nitrogens is 1. The molecule has 3 aromatic rings. The summed E-state index contributed by atoms with van der Waals surface area (Å²) in [4.78, 5) is 11.7. The monoisotopic (exact) mass is 323 g/mol. The van der Waals surface area contributed by atoms with Gasteiger partial charge in [0.15, 0.2) is 5.76 Å². The van der Waals surface area contributed by atoms with Gasteiger partial charge in [0.2, 0.25) is 0 Å². The number of rotatable bonds is 5. The fourth-order valence-corrected chi connectivity index (χ4v) is 2.08. The summed E-state index contributed by atoms with van der Waals surface area (Å²) in [5.41, 5.74) is 1.71. The number of esters is 1. The van der Waals surface area contributed by atoms with Crippen molar-refractivity contribution in [2.24, 2.45) is 0 Å². The Labute approximate surface area is 138 Å². The van der Waals surface area contributed by atoms with Crippen LogP contribution in [0.15, 0.2) is 71.3 Å². The van der Waals surface area contributed by atoms with Gasteiger partial charge in [-0.25, -0.2) is 9.18 Å². The van der Waals surface area contributed by atoms with Crippen molar-refractivity contribution >= 4 is 12.0 Å². The molecule has 0 fully saturated rings. The van der Waals surface area contributed by atoms with Gasteiger partial charge in [-0.3, -0.25) is 0 Å². The van der Waals surface area contributed by atoms with E-state index in [-0.39, 0.29) is 6.61 Å². The zero-order valence-electron chi connectivity index (χ0n) is 12.7. The van der Waals surface area contributed by atoms with Gasteiger partial charge in [-0.15, -0.1) is 0 Å². The number of halogens is 1. The van der Waals surface area contributed by atoms with Gasteiger partial charge in [0.1, 0.15) is 18.1 Å². The molecule has 24 heavy (non-hydrogen) atoms. The van der Waals surface area contributed by atoms with Crippen molar-refractivity contribution in [2.45, 2.75) is 6.61 Å². The fraction of sp³-hybridized carbons (Fsp3) is 0.0526. The maximum atomic E-state index is 13.4. The van der Waals surface area contributed by atoms with Gasteiger partial charge in [-0.1, -0.05) is 53.7 Å². The van der Waals surface area contributed by atoms with Crippen LogP contribution in [0.2, 0.25) is 0 Å². The molecule has 0 unspecified atom stereocenters. The van der Waals surface area contributed by atoms with E-state index in [9.17, 15) is 9.18 Å². The van der Waals surface area contributed by atoms with E-state index in [1.807, 2.05) is 30.3 Å². The fourth-order valence-electron chi connectivity index (χ4n) is 2.08. The molecule has 0 atom stereocenters. The van der Waals surface area contributed by atoms with Crippen LogP contribution in [0.1, 0.15) is 11.3 Å². The second-order valence-corrected chi connectivity index (χ2v) is 5.01. The van der Waals surface area contributed by atoms with Crippen molar-refractivity contribution in [2.75, 3.05) is 0 Å². The van der Waals surface area contributed by atoms with E-state index < -0.39 is 11.8 Å². The quantitative estimate of drug-likeness (QED) is 0.520. The van der Waals surface area contributed by atoms with E-state index >= 15 is 0 Å². The molecule has 0 saturated carbocycles. The number of hydrogen-bond acceptors (Lipinski definition) is 4. The predicted octanol–water partition coefficient (Wildman–Crippen LogP) is 4.24. The van der Waals surface area contributed by atoms with Crippen LogP contribution < -0.4 is 0 Å². The van der Waals surface area contributed by atoms with Crippen LogP contribution in [0.4, 0.5) is 4.39 Å². The van der Waals surface area contributed by atoms with Crippen molar-refractivity contribution < 1.29 is 18.4 Å². The van der Waals surface area contributed by atoms with Crippen LogP contribution in [0, 0.1) is 5.82 Å². The molecule has 120 valence electrons. The van der Waals surface area contributed by atoms with Gasteiger partial charge in [-0.05, 0) is 12.1 Å². The lowest BCUT2D eigenvalue weighted by Crippen LogP contribution is -2.00. The normalized spacial score (nSPS) is 10.9. The molecule has 0 radical (unpaired) electrons. The first-order chi connectivity index (χ1) is 11.7. The SMILES string of the molecule is O=C(/C=C/c1ccccc1F)OCc1cc(-c2ccccc2)on1. The zero-order chi connectivity index (χ0) is 16.8. The second kappa shape index (κ2) is 7.37. The second-order valence-electron chi connectivity index (χ2n) is 5.01. The third-order valence-corrected chi connectivity index (χ3v) is 3.28. The molecule has 4 nitrogen and oxygen atoms in total. The zero-order valence-corrected chi connectivity index (χ0v) is 12.7. The highest BCUT2D eigenvalue weighted by Gasteiger charge is 2.08. The van der Waals surface area contributed by atoms with Crippen molar-refractivity contribution in [3.63, 3.8) is 0 Å². The molecule has 0 bridgehead atoms. The van der Waals surface area contributed by atoms with Crippen molar-refractivity contribution in [3.8, 4) is 11.3 Å². The molecule has 0 N–H and O–H groups in total. The summed E-state index contributed by atoms with van der Waals surface area (Å²) in [6.45, 7) is -0.0171. The number of ether oxygens (including phenoxy) is 1. The summed E-state index contributed by atoms with van der Waals surface area (Å²) in [6, 6.07) is 17.4. The molecule has 1 heterocycles. The molecule has 3 rings (SSSR count). The van der Waals surface area contributed by atoms with E-state index in [0.29, 0.717) is 17.0 Å². The average Bonchev–Trinajstić information content (AvgIpc) is 3.09. The molecular formula is C19H14FNO3. The van der Waals surface area contributed by atoms with Crippen molar-refractivity contribution in [1.82, 2.24) is 5.16 Å². The Balaban J connectivity index is 1.57. The van der Waals surface area contributed by atoms with Crippen LogP contribution in [-0.4, -0.2) is 11.1 Å². The predicted molar refractivity (Wildman–Crippen MR) is 87.2 cm³/mol. The average molecular weight is 323 g/mol. The van der Waals surface area contributed by atoms with Crippen molar-refractivity contribution in [1.29, 1.82) is 0 Å². The number of carbonyl (C=O) groups is 1. The Morgan fingerprint density at radius 2 is 1.88 bits per heavy atom. The maximum Gasteiger partial charge on any atom is 0.331 e. The summed E-state index contributed by atoms with van der Waals surface area (Å²) in [6.07, 6.45) is 2.55. The third kappa shape index (κ3) is 3.95. The number of nitrogens with zero attached hydrogens (tertiary/aromatic N) is 1. The van der Waals surface area contributed by atoms with E-state index in [2.05, 4.69) is 5.16 Å². The smallest absolute Gasteiger partial charge is 0.331 e. The van der Waals surface area contributed by atoms with Crippen molar-refractivity contribution in [3.05, 3.63) is 83.8 Å². The van der Waals surface area contributed by atoms with Crippen LogP contribution >= 0.6 is 0 Å². The van der Waals surface area contributed by atoms with E-state index in [4.69, 9.17) is 9.26 Å². The summed E-state index contributed by atoms with van der Waals surface area (Å²) in [5, 5.41) is 3.86. The lowest BCUT2D eigenvalue weighted by molar-refractivity contribution is -0.139. The Morgan fingerprint density at radius 3 is 2.67 bits per heavy atom. The molecule has 0 aliphatic heterocycles. The molecule has 1 aromatic heterocycles. The Hall–Kier alpha value is -3.21. The van der Waals surface area contributed by atoms with Gasteiger partial charge in [0.05, 0.1) is 0 Å².